The van der Waals surface area contributed by atoms with Gasteiger partial charge in [-0.25, -0.2) is 0 Å². The molecular weight excluding hydrogens is 255 g/mol. The third-order valence-electron chi connectivity index (χ3n) is 1.34. The Balaban J connectivity index is 3.36. The van der Waals surface area contributed by atoms with Crippen LogP contribution in [0.5, 0.6) is 0 Å². The maximum atomic E-state index is 11.0. The second-order valence-electron chi connectivity index (χ2n) is 2.29. The molecule has 0 aromatic rings. The van der Waals surface area contributed by atoms with Crippen molar-refractivity contribution in [2.24, 2.45) is 9.68 Å². The van der Waals surface area contributed by atoms with Crippen LogP contribution in [0.15, 0.2) is 0 Å². The van der Waals surface area contributed by atoms with Gasteiger partial charge in [0.2, 0.25) is 0 Å². The summed E-state index contributed by atoms with van der Waals surface area (Å²) in [5.74, 6) is 0. The molecule has 68 valence electrons. The van der Waals surface area contributed by atoms with E-state index in [0.29, 0.717) is 16.8 Å². The minimum atomic E-state index is -1.68. The molecule has 0 aliphatic rings. The van der Waals surface area contributed by atoms with Gasteiger partial charge in [0.25, 0.3) is 0 Å². The van der Waals surface area contributed by atoms with E-state index < -0.39 is 20.1 Å². The molecule has 0 aromatic carbocycles. The Bertz CT molecular complexity index is 119. The van der Waals surface area contributed by atoms with E-state index in [2.05, 4.69) is 0 Å². The van der Waals surface area contributed by atoms with Crippen LogP contribution < -0.4 is 9.68 Å². The topological polar surface area (TPSA) is 69.1 Å². The van der Waals surface area contributed by atoms with Crippen molar-refractivity contribution in [1.82, 2.24) is 0 Å². The summed E-state index contributed by atoms with van der Waals surface area (Å²) in [6, 6.07) is 0. The Hall–Kier alpha value is 0.320. The number of hydrogen-bond acceptors (Lipinski definition) is 3. The molecule has 4 N–H and O–H groups in total. The number of unbranched alkanes of at least 4 members (excludes halogenated alkanes) is 1. The van der Waals surface area contributed by atoms with Crippen molar-refractivity contribution < 1.29 is 4.79 Å². The maximum absolute atomic E-state index is 11.0. The van der Waals surface area contributed by atoms with E-state index in [1.807, 2.05) is 6.92 Å². The van der Waals surface area contributed by atoms with Crippen molar-refractivity contribution in [2.45, 2.75) is 26.2 Å². The zero-order valence-electron chi connectivity index (χ0n) is 6.98. The Morgan fingerprint density at radius 2 is 2.09 bits per heavy atom. The van der Waals surface area contributed by atoms with Crippen molar-refractivity contribution >= 4 is 23.9 Å². The van der Waals surface area contributed by atoms with Gasteiger partial charge in [-0.05, 0) is 0 Å². The van der Waals surface area contributed by atoms with Crippen molar-refractivity contribution in [1.29, 1.82) is 0 Å². The summed E-state index contributed by atoms with van der Waals surface area (Å²) in [5.41, 5.74) is 5.32. The number of alkyl halides is 1. The average Bonchev–Trinajstić information content (AvgIpc) is 2.03. The fraction of sp³-hybridized carbons (Fsp3) is 0.857. The molecule has 0 bridgehead atoms. The van der Waals surface area contributed by atoms with E-state index in [4.69, 9.17) is 9.68 Å². The van der Waals surface area contributed by atoms with Crippen LogP contribution in [-0.4, -0.2) is 14.8 Å². The molecule has 0 saturated carbocycles. The van der Waals surface area contributed by atoms with Crippen LogP contribution >= 0.6 is 20.1 Å². The van der Waals surface area contributed by atoms with Crippen LogP contribution in [0.25, 0.3) is 0 Å². The number of hydrogen-bond donors (Lipinski definition) is 2. The number of carbonyl (C=O) groups excluding carboxylic acids is 1. The van der Waals surface area contributed by atoms with Crippen LogP contribution in [0.3, 0.4) is 0 Å². The molecule has 0 unspecified atom stereocenters. The van der Waals surface area contributed by atoms with Crippen molar-refractivity contribution in [3.05, 3.63) is 0 Å². The summed E-state index contributed by atoms with van der Waals surface area (Å²) in [6.07, 6.45) is 2.65. The van der Waals surface area contributed by atoms with Gasteiger partial charge in [0.1, 0.15) is 0 Å². The second-order valence-corrected chi connectivity index (χ2v) is 6.84. The molecule has 0 spiro atoms. The third kappa shape index (κ3) is 5.57. The molecule has 0 aliphatic carbocycles. The van der Waals surface area contributed by atoms with Gasteiger partial charge in [0, 0.05) is 0 Å². The molecule has 4 heteroatoms. The summed E-state index contributed by atoms with van der Waals surface area (Å²) >= 11 is -1.68. The molecule has 0 aliphatic heterocycles. The molecule has 11 heavy (non-hydrogen) atoms. The van der Waals surface area contributed by atoms with Crippen molar-refractivity contribution in [2.75, 3.05) is 11.0 Å². The average molecular weight is 272 g/mol. The van der Waals surface area contributed by atoms with E-state index in [1.54, 1.807) is 0 Å². The van der Waals surface area contributed by atoms with Gasteiger partial charge >= 0.3 is 75.5 Å². The standard InChI is InChI=1S/C7H17IN2O/c1-2-7(11)8(10)5-3-4-6-9/h2-6,9-10H2,1H3. The quantitative estimate of drug-likeness (QED) is 0.249. The summed E-state index contributed by atoms with van der Waals surface area (Å²) < 4.78 is 6.98. The van der Waals surface area contributed by atoms with Crippen molar-refractivity contribution in [3.8, 4) is 0 Å². The van der Waals surface area contributed by atoms with Gasteiger partial charge in [0.15, 0.2) is 0 Å². The van der Waals surface area contributed by atoms with Crippen LogP contribution in [0.4, 0.5) is 0 Å². The normalized spacial score (nSPS) is 11.4. The number of rotatable bonds is 6. The zero-order chi connectivity index (χ0) is 8.69. The van der Waals surface area contributed by atoms with Gasteiger partial charge in [-0.1, -0.05) is 0 Å². The SMILES string of the molecule is CCC(=O)I(N)CCCCN. The molecule has 0 aromatic heterocycles. The summed E-state index contributed by atoms with van der Waals surface area (Å²) in [6.45, 7) is 2.59. The monoisotopic (exact) mass is 272 g/mol. The summed E-state index contributed by atoms with van der Waals surface area (Å²) in [5, 5.41) is 0. The minimum absolute atomic E-state index is 0.311. The van der Waals surface area contributed by atoms with Gasteiger partial charge in [-0.15, -0.1) is 0 Å². The van der Waals surface area contributed by atoms with E-state index in [1.165, 1.54) is 0 Å². The van der Waals surface area contributed by atoms with Crippen molar-refractivity contribution in [3.63, 3.8) is 0 Å². The molecule has 3 nitrogen and oxygen atoms in total. The first-order valence-corrected chi connectivity index (χ1v) is 7.70. The molecule has 0 atom stereocenters. The fourth-order valence-electron chi connectivity index (χ4n) is 0.660. The van der Waals surface area contributed by atoms with E-state index >= 15 is 0 Å². The first kappa shape index (κ1) is 11.3. The Labute approximate surface area is 75.6 Å². The summed E-state index contributed by atoms with van der Waals surface area (Å²) in [7, 11) is 0. The fourth-order valence-corrected chi connectivity index (χ4v) is 3.60. The van der Waals surface area contributed by atoms with Gasteiger partial charge in [-0.3, -0.25) is 0 Å². The third-order valence-corrected chi connectivity index (χ3v) is 5.57. The molecule has 0 heterocycles. The number of carbonyl (C=O) groups is 1. The van der Waals surface area contributed by atoms with Gasteiger partial charge < -0.3 is 0 Å². The van der Waals surface area contributed by atoms with Crippen LogP contribution in [-0.2, 0) is 4.79 Å². The van der Waals surface area contributed by atoms with E-state index in [9.17, 15) is 4.79 Å². The van der Waals surface area contributed by atoms with Gasteiger partial charge in [0.05, 0.1) is 0 Å². The van der Waals surface area contributed by atoms with Crippen LogP contribution in [0.1, 0.15) is 26.2 Å². The van der Waals surface area contributed by atoms with Crippen LogP contribution in [0.2, 0.25) is 0 Å². The predicted molar refractivity (Wildman–Crippen MR) is 56.7 cm³/mol. The van der Waals surface area contributed by atoms with E-state index in [0.717, 1.165) is 17.3 Å². The second kappa shape index (κ2) is 7.00. The Morgan fingerprint density at radius 3 is 2.55 bits per heavy atom. The number of halogens is 1. The molecule has 0 rings (SSSR count). The zero-order valence-corrected chi connectivity index (χ0v) is 9.13. The van der Waals surface area contributed by atoms with Crippen LogP contribution in [0, 0.1) is 0 Å². The Kier molecular flexibility index (Phi) is 7.20. The molecular formula is C7H17IN2O. The predicted octanol–water partition coefficient (Wildman–Crippen LogP) is 1.04. The Morgan fingerprint density at radius 1 is 1.45 bits per heavy atom. The molecule has 0 fully saturated rings. The first-order valence-electron chi connectivity index (χ1n) is 3.85. The first-order chi connectivity index (χ1) is 5.22. The van der Waals surface area contributed by atoms with Gasteiger partial charge in [-0.2, -0.15) is 0 Å². The molecule has 0 saturated heterocycles. The summed E-state index contributed by atoms with van der Waals surface area (Å²) in [4.78, 5) is 11.0. The molecule has 0 radical (unpaired) electrons. The van der Waals surface area contributed by atoms with E-state index in [-0.39, 0.29) is 0 Å². The molecule has 0 amide bonds. The number of nitrogens with two attached hydrogens (primary N) is 2.